The number of nitrogens with zero attached hydrogens (tertiary/aromatic N) is 1. The number of carbonyl (C=O) groups is 1. The number of hydrogen-bond donors (Lipinski definition) is 1. The molecule has 1 aliphatic heterocycles. The van der Waals surface area contributed by atoms with E-state index in [9.17, 15) is 4.79 Å². The molecule has 1 aliphatic carbocycles. The van der Waals surface area contributed by atoms with Crippen LogP contribution in [0, 0.1) is 11.8 Å². The summed E-state index contributed by atoms with van der Waals surface area (Å²) < 4.78 is 0. The van der Waals surface area contributed by atoms with Gasteiger partial charge < -0.3 is 4.90 Å². The van der Waals surface area contributed by atoms with Gasteiger partial charge in [0, 0.05) is 6.54 Å². The van der Waals surface area contributed by atoms with Gasteiger partial charge in [0.25, 0.3) is 0 Å². The lowest BCUT2D eigenvalue weighted by Gasteiger charge is -2.31. The zero-order valence-corrected chi connectivity index (χ0v) is 11.4. The second-order valence-corrected chi connectivity index (χ2v) is 5.93. The highest BCUT2D eigenvalue weighted by atomic mass is 16.2. The SMILES string of the molecule is CCC1NC(C)N(CC2CCCC(C)C2)C1=O. The smallest absolute Gasteiger partial charge is 0.241 e. The summed E-state index contributed by atoms with van der Waals surface area (Å²) in [5.41, 5.74) is 0. The zero-order valence-electron chi connectivity index (χ0n) is 11.4. The molecule has 0 bridgehead atoms. The number of rotatable bonds is 3. The third kappa shape index (κ3) is 2.82. The Bertz CT molecular complexity index is 279. The summed E-state index contributed by atoms with van der Waals surface area (Å²) in [6.07, 6.45) is 6.44. The van der Waals surface area contributed by atoms with E-state index >= 15 is 0 Å². The molecule has 0 aromatic rings. The molecule has 0 radical (unpaired) electrons. The molecule has 2 fully saturated rings. The van der Waals surface area contributed by atoms with Gasteiger partial charge in [0.05, 0.1) is 12.2 Å². The maximum Gasteiger partial charge on any atom is 0.241 e. The van der Waals surface area contributed by atoms with Crippen LogP contribution in [0.5, 0.6) is 0 Å². The van der Waals surface area contributed by atoms with E-state index in [4.69, 9.17) is 0 Å². The lowest BCUT2D eigenvalue weighted by molar-refractivity contribution is -0.130. The van der Waals surface area contributed by atoms with E-state index in [1.54, 1.807) is 0 Å². The van der Waals surface area contributed by atoms with E-state index < -0.39 is 0 Å². The molecule has 4 atom stereocenters. The molecule has 0 aromatic carbocycles. The van der Waals surface area contributed by atoms with Gasteiger partial charge in [0.15, 0.2) is 0 Å². The van der Waals surface area contributed by atoms with Gasteiger partial charge in [-0.15, -0.1) is 0 Å². The standard InChI is InChI=1S/C14H26N2O/c1-4-13-14(17)16(11(3)15-13)9-12-7-5-6-10(2)8-12/h10-13,15H,4-9H2,1-3H3. The predicted molar refractivity (Wildman–Crippen MR) is 69.5 cm³/mol. The van der Waals surface area contributed by atoms with Crippen molar-refractivity contribution in [3.63, 3.8) is 0 Å². The van der Waals surface area contributed by atoms with E-state index in [0.29, 0.717) is 5.91 Å². The fourth-order valence-corrected chi connectivity index (χ4v) is 3.39. The van der Waals surface area contributed by atoms with Crippen molar-refractivity contribution in [2.75, 3.05) is 6.54 Å². The minimum atomic E-state index is 0.0611. The molecule has 1 saturated carbocycles. The Labute approximate surface area is 105 Å². The van der Waals surface area contributed by atoms with Crippen molar-refractivity contribution in [1.82, 2.24) is 10.2 Å². The summed E-state index contributed by atoms with van der Waals surface area (Å²) in [7, 11) is 0. The van der Waals surface area contributed by atoms with Crippen molar-refractivity contribution in [1.29, 1.82) is 0 Å². The maximum absolute atomic E-state index is 12.2. The van der Waals surface area contributed by atoms with E-state index in [1.165, 1.54) is 25.7 Å². The lowest BCUT2D eigenvalue weighted by Crippen LogP contribution is -2.39. The third-order valence-electron chi connectivity index (χ3n) is 4.40. The van der Waals surface area contributed by atoms with Gasteiger partial charge in [0.2, 0.25) is 5.91 Å². The fraction of sp³-hybridized carbons (Fsp3) is 0.929. The van der Waals surface area contributed by atoms with Crippen LogP contribution in [0.1, 0.15) is 52.9 Å². The fourth-order valence-electron chi connectivity index (χ4n) is 3.39. The highest BCUT2D eigenvalue weighted by Gasteiger charge is 2.36. The minimum Gasteiger partial charge on any atom is -0.326 e. The van der Waals surface area contributed by atoms with Crippen molar-refractivity contribution in [2.45, 2.75) is 65.1 Å². The van der Waals surface area contributed by atoms with Gasteiger partial charge in [-0.1, -0.05) is 26.7 Å². The van der Waals surface area contributed by atoms with Crippen LogP contribution in [0.3, 0.4) is 0 Å². The molecule has 2 rings (SSSR count). The molecule has 17 heavy (non-hydrogen) atoms. The zero-order chi connectivity index (χ0) is 12.4. The molecule has 98 valence electrons. The van der Waals surface area contributed by atoms with E-state index in [0.717, 1.165) is 24.8 Å². The summed E-state index contributed by atoms with van der Waals surface area (Å²) in [5, 5.41) is 3.38. The number of amides is 1. The van der Waals surface area contributed by atoms with Crippen molar-refractivity contribution < 1.29 is 4.79 Å². The maximum atomic E-state index is 12.2. The Kier molecular flexibility index (Phi) is 4.08. The average Bonchev–Trinajstić information content (AvgIpc) is 2.56. The van der Waals surface area contributed by atoms with Crippen molar-refractivity contribution >= 4 is 5.91 Å². The number of carbonyl (C=O) groups excluding carboxylic acids is 1. The number of nitrogens with one attached hydrogen (secondary N) is 1. The molecule has 4 unspecified atom stereocenters. The van der Waals surface area contributed by atoms with Crippen molar-refractivity contribution in [3.05, 3.63) is 0 Å². The first kappa shape index (κ1) is 12.9. The van der Waals surface area contributed by atoms with E-state index in [2.05, 4.69) is 31.0 Å². The molecule has 1 N–H and O–H groups in total. The molecule has 0 spiro atoms. The molecule has 0 aromatic heterocycles. The van der Waals surface area contributed by atoms with Crippen LogP contribution in [0.25, 0.3) is 0 Å². The van der Waals surface area contributed by atoms with E-state index in [1.807, 2.05) is 0 Å². The van der Waals surface area contributed by atoms with E-state index in [-0.39, 0.29) is 12.2 Å². The Balaban J connectivity index is 1.91. The monoisotopic (exact) mass is 238 g/mol. The third-order valence-corrected chi connectivity index (χ3v) is 4.40. The average molecular weight is 238 g/mol. The van der Waals surface area contributed by atoms with Gasteiger partial charge >= 0.3 is 0 Å². The largest absolute Gasteiger partial charge is 0.326 e. The van der Waals surface area contributed by atoms with Crippen LogP contribution in [0.2, 0.25) is 0 Å². The van der Waals surface area contributed by atoms with Crippen LogP contribution in [0.15, 0.2) is 0 Å². The summed E-state index contributed by atoms with van der Waals surface area (Å²) in [6, 6.07) is 0.0611. The van der Waals surface area contributed by atoms with Crippen LogP contribution in [-0.4, -0.2) is 29.6 Å². The Morgan fingerprint density at radius 1 is 1.35 bits per heavy atom. The first-order valence-corrected chi connectivity index (χ1v) is 7.18. The Hall–Kier alpha value is -0.570. The highest BCUT2D eigenvalue weighted by Crippen LogP contribution is 2.30. The second-order valence-electron chi connectivity index (χ2n) is 5.93. The summed E-state index contributed by atoms with van der Waals surface area (Å²) >= 11 is 0. The van der Waals surface area contributed by atoms with Crippen LogP contribution >= 0.6 is 0 Å². The van der Waals surface area contributed by atoms with Gasteiger partial charge in [-0.3, -0.25) is 10.1 Å². The Morgan fingerprint density at radius 2 is 2.12 bits per heavy atom. The minimum absolute atomic E-state index is 0.0611. The Morgan fingerprint density at radius 3 is 2.71 bits per heavy atom. The highest BCUT2D eigenvalue weighted by molar-refractivity contribution is 5.84. The van der Waals surface area contributed by atoms with Crippen molar-refractivity contribution in [2.24, 2.45) is 11.8 Å². The summed E-state index contributed by atoms with van der Waals surface area (Å²) in [4.78, 5) is 14.2. The van der Waals surface area contributed by atoms with Crippen molar-refractivity contribution in [3.8, 4) is 0 Å². The van der Waals surface area contributed by atoms with Crippen LogP contribution < -0.4 is 5.32 Å². The topological polar surface area (TPSA) is 32.3 Å². The normalized spacial score (nSPS) is 38.8. The van der Waals surface area contributed by atoms with Crippen LogP contribution in [-0.2, 0) is 4.79 Å². The van der Waals surface area contributed by atoms with Gasteiger partial charge in [-0.05, 0) is 38.0 Å². The molecule has 1 amide bonds. The first-order chi connectivity index (χ1) is 8.11. The molecule has 1 saturated heterocycles. The van der Waals surface area contributed by atoms with Gasteiger partial charge in [0.1, 0.15) is 0 Å². The first-order valence-electron chi connectivity index (χ1n) is 7.18. The molecule has 3 nitrogen and oxygen atoms in total. The van der Waals surface area contributed by atoms with Crippen LogP contribution in [0.4, 0.5) is 0 Å². The lowest BCUT2D eigenvalue weighted by atomic mass is 9.82. The van der Waals surface area contributed by atoms with Gasteiger partial charge in [-0.25, -0.2) is 0 Å². The van der Waals surface area contributed by atoms with Gasteiger partial charge in [-0.2, -0.15) is 0 Å². The molecule has 1 heterocycles. The predicted octanol–water partition coefficient (Wildman–Crippen LogP) is 2.37. The quantitative estimate of drug-likeness (QED) is 0.818. The number of hydrogen-bond acceptors (Lipinski definition) is 2. The molecular weight excluding hydrogens is 212 g/mol. The second kappa shape index (κ2) is 5.38. The molecular formula is C14H26N2O. The summed E-state index contributed by atoms with van der Waals surface area (Å²) in [5.74, 6) is 1.89. The molecule has 3 heteroatoms. The molecule has 2 aliphatic rings. The summed E-state index contributed by atoms with van der Waals surface area (Å²) in [6.45, 7) is 7.50.